The molecule has 0 spiro atoms. The molecule has 0 aromatic heterocycles. The van der Waals surface area contributed by atoms with Crippen molar-refractivity contribution in [3.63, 3.8) is 0 Å². The molecule has 7 heteroatoms. The van der Waals surface area contributed by atoms with Gasteiger partial charge in [-0.1, -0.05) is 12.1 Å². The van der Waals surface area contributed by atoms with E-state index in [1.807, 2.05) is 5.48 Å². The lowest BCUT2D eigenvalue weighted by Gasteiger charge is -2.23. The Morgan fingerprint density at radius 2 is 2.11 bits per heavy atom. The average Bonchev–Trinajstić information content (AvgIpc) is 2.36. The lowest BCUT2D eigenvalue weighted by Crippen LogP contribution is -2.48. The first-order valence-corrected chi connectivity index (χ1v) is 5.21. The van der Waals surface area contributed by atoms with Gasteiger partial charge in [0, 0.05) is 0 Å². The van der Waals surface area contributed by atoms with E-state index in [0.29, 0.717) is 12.2 Å². The summed E-state index contributed by atoms with van der Waals surface area (Å²) in [7, 11) is 0. The van der Waals surface area contributed by atoms with Crippen molar-refractivity contribution in [2.24, 2.45) is 5.73 Å². The Morgan fingerprint density at radius 3 is 2.67 bits per heavy atom. The van der Waals surface area contributed by atoms with Crippen LogP contribution in [-0.2, 0) is 21.1 Å². The second-order valence-corrected chi connectivity index (χ2v) is 3.86. The maximum absolute atomic E-state index is 10.1. The van der Waals surface area contributed by atoms with E-state index in [0.717, 1.165) is 5.56 Å². The van der Waals surface area contributed by atoms with Crippen LogP contribution in [0.1, 0.15) is 12.5 Å². The number of hydrogen-bond donors (Lipinski definition) is 3. The van der Waals surface area contributed by atoms with Gasteiger partial charge < -0.3 is 4.74 Å². The molecule has 7 nitrogen and oxygen atoms in total. The molecule has 0 aliphatic rings. The molecule has 18 heavy (non-hydrogen) atoms. The summed E-state index contributed by atoms with van der Waals surface area (Å²) in [4.78, 5) is 18.9. The van der Waals surface area contributed by atoms with Crippen LogP contribution in [0.25, 0.3) is 0 Å². The van der Waals surface area contributed by atoms with Crippen molar-refractivity contribution in [1.82, 2.24) is 5.48 Å². The minimum Gasteiger partial charge on any atom is -0.489 e. The normalized spacial score (nSPS) is 13.7. The van der Waals surface area contributed by atoms with Crippen LogP contribution in [0.3, 0.4) is 0 Å². The van der Waals surface area contributed by atoms with Crippen LogP contribution in [0.2, 0.25) is 0 Å². The highest BCUT2D eigenvalue weighted by Crippen LogP contribution is 2.14. The maximum Gasteiger partial charge on any atom is 0.230 e. The van der Waals surface area contributed by atoms with E-state index in [4.69, 9.17) is 20.6 Å². The standard InChI is InChI=1S/C11H16N2O5/c1-11(12,18-13-8-14)7-16-10-4-2-9(3-5-10)6-17-15/h2-5,8,15H,6-7,12H2,1H3,(H,13,14). The van der Waals surface area contributed by atoms with Crippen LogP contribution < -0.4 is 16.0 Å². The predicted molar refractivity (Wildman–Crippen MR) is 62.2 cm³/mol. The summed E-state index contributed by atoms with van der Waals surface area (Å²) < 4.78 is 5.39. The third-order valence-corrected chi connectivity index (χ3v) is 2.02. The topological polar surface area (TPSA) is 103 Å². The zero-order valence-electron chi connectivity index (χ0n) is 9.96. The monoisotopic (exact) mass is 256 g/mol. The molecular weight excluding hydrogens is 240 g/mol. The number of carbonyl (C=O) groups is 1. The number of nitrogens with one attached hydrogen (secondary N) is 1. The van der Waals surface area contributed by atoms with Gasteiger partial charge in [-0.25, -0.2) is 15.2 Å². The number of benzene rings is 1. The van der Waals surface area contributed by atoms with Gasteiger partial charge in [-0.2, -0.15) is 0 Å². The molecule has 4 N–H and O–H groups in total. The lowest BCUT2D eigenvalue weighted by atomic mass is 10.2. The molecule has 1 amide bonds. The fourth-order valence-electron chi connectivity index (χ4n) is 1.17. The Morgan fingerprint density at radius 1 is 1.44 bits per heavy atom. The minimum atomic E-state index is -1.13. The Balaban J connectivity index is 2.45. The number of nitrogens with two attached hydrogens (primary N) is 1. The summed E-state index contributed by atoms with van der Waals surface area (Å²) in [6.45, 7) is 1.74. The number of amides is 1. The van der Waals surface area contributed by atoms with Gasteiger partial charge in [-0.05, 0) is 24.6 Å². The Kier molecular flexibility index (Phi) is 5.53. The molecular formula is C11H16N2O5. The summed E-state index contributed by atoms with van der Waals surface area (Å²) in [6.07, 6.45) is 0.384. The number of hydroxylamine groups is 1. The summed E-state index contributed by atoms with van der Waals surface area (Å²) >= 11 is 0. The van der Waals surface area contributed by atoms with Crippen molar-refractivity contribution in [3.8, 4) is 5.75 Å². The molecule has 0 radical (unpaired) electrons. The van der Waals surface area contributed by atoms with Crippen LogP contribution in [0.4, 0.5) is 0 Å². The van der Waals surface area contributed by atoms with Gasteiger partial charge in [0.2, 0.25) is 6.41 Å². The Hall–Kier alpha value is -1.67. The zero-order chi connectivity index (χ0) is 13.4. The van der Waals surface area contributed by atoms with Crippen molar-refractivity contribution >= 4 is 6.41 Å². The van der Waals surface area contributed by atoms with Gasteiger partial charge in [0.25, 0.3) is 0 Å². The molecule has 1 atom stereocenters. The first-order valence-electron chi connectivity index (χ1n) is 5.21. The van der Waals surface area contributed by atoms with E-state index in [1.54, 1.807) is 31.2 Å². The van der Waals surface area contributed by atoms with Gasteiger partial charge in [0.15, 0.2) is 5.72 Å². The van der Waals surface area contributed by atoms with Crippen molar-refractivity contribution < 1.29 is 24.5 Å². The van der Waals surface area contributed by atoms with Gasteiger partial charge in [-0.3, -0.25) is 15.8 Å². The molecule has 0 saturated heterocycles. The Bertz CT molecular complexity index is 366. The number of ether oxygens (including phenoxy) is 1. The van der Waals surface area contributed by atoms with Crippen molar-refractivity contribution in [1.29, 1.82) is 0 Å². The van der Waals surface area contributed by atoms with Crippen molar-refractivity contribution in [2.45, 2.75) is 19.3 Å². The van der Waals surface area contributed by atoms with Crippen LogP contribution in [0.15, 0.2) is 24.3 Å². The second kappa shape index (κ2) is 6.92. The first kappa shape index (κ1) is 14.4. The molecule has 0 aliphatic heterocycles. The van der Waals surface area contributed by atoms with Crippen molar-refractivity contribution in [3.05, 3.63) is 29.8 Å². The molecule has 1 rings (SSSR count). The molecule has 0 bridgehead atoms. The van der Waals surface area contributed by atoms with E-state index in [2.05, 4.69) is 4.89 Å². The molecule has 0 fully saturated rings. The van der Waals surface area contributed by atoms with E-state index in [1.165, 1.54) is 0 Å². The molecule has 0 saturated carbocycles. The van der Waals surface area contributed by atoms with Crippen LogP contribution in [0.5, 0.6) is 5.75 Å². The van der Waals surface area contributed by atoms with Crippen molar-refractivity contribution in [2.75, 3.05) is 6.61 Å². The molecule has 0 heterocycles. The Labute approximate surface area is 104 Å². The quantitative estimate of drug-likeness (QED) is 0.269. The fraction of sp³-hybridized carbons (Fsp3) is 0.364. The van der Waals surface area contributed by atoms with Gasteiger partial charge in [0.05, 0.1) is 0 Å². The molecule has 0 aliphatic carbocycles. The predicted octanol–water partition coefficient (Wildman–Crippen LogP) is 0.407. The third kappa shape index (κ3) is 5.11. The smallest absolute Gasteiger partial charge is 0.230 e. The van der Waals surface area contributed by atoms with E-state index < -0.39 is 5.72 Å². The lowest BCUT2D eigenvalue weighted by molar-refractivity contribution is -0.253. The highest BCUT2D eigenvalue weighted by atomic mass is 17.1. The summed E-state index contributed by atoms with van der Waals surface area (Å²) in [5.41, 5.74) is 7.40. The molecule has 1 aromatic rings. The second-order valence-electron chi connectivity index (χ2n) is 3.86. The average molecular weight is 256 g/mol. The fourth-order valence-corrected chi connectivity index (χ4v) is 1.17. The third-order valence-electron chi connectivity index (χ3n) is 2.02. The maximum atomic E-state index is 10.1. The summed E-state index contributed by atoms with van der Waals surface area (Å²) in [5.74, 6) is 0.586. The van der Waals surface area contributed by atoms with E-state index >= 15 is 0 Å². The number of rotatable bonds is 8. The number of hydrogen-bond acceptors (Lipinski definition) is 6. The van der Waals surface area contributed by atoms with E-state index in [9.17, 15) is 4.79 Å². The first-order chi connectivity index (χ1) is 8.57. The largest absolute Gasteiger partial charge is 0.489 e. The zero-order valence-corrected chi connectivity index (χ0v) is 9.96. The summed E-state index contributed by atoms with van der Waals surface area (Å²) in [6, 6.07) is 6.89. The van der Waals surface area contributed by atoms with E-state index in [-0.39, 0.29) is 13.2 Å². The molecule has 100 valence electrons. The van der Waals surface area contributed by atoms with Gasteiger partial charge >= 0.3 is 0 Å². The van der Waals surface area contributed by atoms with Crippen LogP contribution in [-0.4, -0.2) is 24.0 Å². The highest BCUT2D eigenvalue weighted by Gasteiger charge is 2.20. The number of carbonyl (C=O) groups excluding carboxylic acids is 1. The van der Waals surface area contributed by atoms with Crippen LogP contribution in [0, 0.1) is 0 Å². The SMILES string of the molecule is CC(N)(COc1ccc(COO)cc1)ONC=O. The summed E-state index contributed by atoms with van der Waals surface area (Å²) in [5, 5.41) is 8.28. The molecule has 1 aromatic carbocycles. The van der Waals surface area contributed by atoms with Gasteiger partial charge in [0.1, 0.15) is 19.0 Å². The highest BCUT2D eigenvalue weighted by molar-refractivity contribution is 5.43. The van der Waals surface area contributed by atoms with Gasteiger partial charge in [-0.15, -0.1) is 0 Å². The van der Waals surface area contributed by atoms with Crippen LogP contribution >= 0.6 is 0 Å². The minimum absolute atomic E-state index is 0.0592. The molecule has 1 unspecified atom stereocenters.